The molecule has 3 aliphatic rings. The van der Waals surface area contributed by atoms with E-state index in [1.165, 1.54) is 111 Å². The van der Waals surface area contributed by atoms with Crippen LogP contribution in [0.2, 0.25) is 0 Å². The Labute approximate surface area is 362 Å². The zero-order valence-corrected chi connectivity index (χ0v) is 35.6. The molecule has 3 aliphatic carbocycles. The third kappa shape index (κ3) is 4.82. The van der Waals surface area contributed by atoms with E-state index in [0.29, 0.717) is 11.8 Å². The van der Waals surface area contributed by atoms with Crippen LogP contribution in [-0.4, -0.2) is 13.7 Å². The predicted molar refractivity (Wildman–Crippen MR) is 262 cm³/mol. The van der Waals surface area contributed by atoms with Crippen LogP contribution in [0.5, 0.6) is 0 Å². The van der Waals surface area contributed by atoms with Gasteiger partial charge in [0.1, 0.15) is 0 Å². The highest BCUT2D eigenvalue weighted by molar-refractivity contribution is 6.15. The van der Waals surface area contributed by atoms with E-state index in [1.54, 1.807) is 0 Å². The van der Waals surface area contributed by atoms with Gasteiger partial charge in [-0.1, -0.05) is 149 Å². The van der Waals surface area contributed by atoms with Gasteiger partial charge in [0.15, 0.2) is 0 Å². The Hall–Kier alpha value is -7.10. The fourth-order valence-corrected chi connectivity index (χ4v) is 11.9. The molecule has 3 heterocycles. The second kappa shape index (κ2) is 13.0. The van der Waals surface area contributed by atoms with Crippen molar-refractivity contribution in [3.63, 3.8) is 0 Å². The van der Waals surface area contributed by atoms with Gasteiger partial charge in [-0.05, 0) is 101 Å². The van der Waals surface area contributed by atoms with Crippen LogP contribution in [0.1, 0.15) is 74.0 Å². The van der Waals surface area contributed by atoms with Gasteiger partial charge in [-0.15, -0.1) is 0 Å². The van der Waals surface area contributed by atoms with E-state index in [0.717, 1.165) is 6.42 Å². The predicted octanol–water partition coefficient (Wildman–Crippen LogP) is 15.5. The van der Waals surface area contributed by atoms with Crippen LogP contribution in [0, 0.1) is 5.92 Å². The molecular formula is C59H47N3. The number of para-hydroxylation sites is 4. The van der Waals surface area contributed by atoms with Crippen molar-refractivity contribution in [2.24, 2.45) is 5.92 Å². The number of hydrogen-bond acceptors (Lipinski definition) is 0. The van der Waals surface area contributed by atoms with Crippen molar-refractivity contribution in [3.8, 4) is 22.5 Å². The van der Waals surface area contributed by atoms with E-state index < -0.39 is 0 Å². The van der Waals surface area contributed by atoms with Crippen molar-refractivity contribution < 1.29 is 0 Å². The maximum Gasteiger partial charge on any atom is 0.0586 e. The first-order valence-electron chi connectivity index (χ1n) is 22.4. The van der Waals surface area contributed by atoms with E-state index in [4.69, 9.17) is 0 Å². The zero-order chi connectivity index (χ0) is 41.4. The summed E-state index contributed by atoms with van der Waals surface area (Å²) in [6.07, 6.45) is 12.6. The molecule has 0 aliphatic heterocycles. The summed E-state index contributed by atoms with van der Waals surface area (Å²) in [6, 6.07) is 57.2. The molecule has 3 atom stereocenters. The van der Waals surface area contributed by atoms with Crippen molar-refractivity contribution in [2.75, 3.05) is 0 Å². The van der Waals surface area contributed by atoms with E-state index in [9.17, 15) is 0 Å². The Morgan fingerprint density at radius 1 is 0.532 bits per heavy atom. The molecule has 0 bridgehead atoms. The maximum absolute atomic E-state index is 2.65. The molecule has 3 nitrogen and oxygen atoms in total. The van der Waals surface area contributed by atoms with Gasteiger partial charge >= 0.3 is 0 Å². The van der Waals surface area contributed by atoms with E-state index in [2.05, 4.69) is 223 Å². The topological polar surface area (TPSA) is 14.8 Å². The lowest BCUT2D eigenvalue weighted by Gasteiger charge is -2.26. The summed E-state index contributed by atoms with van der Waals surface area (Å²) in [5.74, 6) is 0.701. The Morgan fingerprint density at radius 2 is 1.21 bits per heavy atom. The second-order valence-corrected chi connectivity index (χ2v) is 18.6. The molecule has 3 heteroatoms. The van der Waals surface area contributed by atoms with Crippen LogP contribution < -0.4 is 0 Å². The SMILES string of the molecule is CC1CC(c2ccc3c(c2)c2ccccc2n3-c2ccccc2)=Cc2c1n(-c1ccc3c(c1)C(C)(C)c1ccc4c5ccccc5n(C5C=CC=CC5C)c4c1-3)c1ccccc21. The molecule has 0 saturated heterocycles. The number of fused-ring (bicyclic) bond motifs is 13. The highest BCUT2D eigenvalue weighted by atomic mass is 15.0. The molecule has 3 unspecified atom stereocenters. The van der Waals surface area contributed by atoms with Crippen LogP contribution in [-0.2, 0) is 5.41 Å². The smallest absolute Gasteiger partial charge is 0.0586 e. The summed E-state index contributed by atoms with van der Waals surface area (Å²) in [7, 11) is 0. The second-order valence-electron chi connectivity index (χ2n) is 18.6. The molecule has 13 rings (SSSR count). The lowest BCUT2D eigenvalue weighted by Crippen LogP contribution is -2.17. The largest absolute Gasteiger partial charge is 0.332 e. The summed E-state index contributed by atoms with van der Waals surface area (Å²) in [4.78, 5) is 0. The van der Waals surface area contributed by atoms with Crippen molar-refractivity contribution in [3.05, 3.63) is 204 Å². The van der Waals surface area contributed by atoms with E-state index in [1.807, 2.05) is 0 Å². The monoisotopic (exact) mass is 797 g/mol. The third-order valence-electron chi connectivity index (χ3n) is 14.7. The lowest BCUT2D eigenvalue weighted by atomic mass is 9.82. The fourth-order valence-electron chi connectivity index (χ4n) is 11.9. The number of allylic oxidation sites excluding steroid dienone is 5. The molecule has 0 saturated carbocycles. The summed E-state index contributed by atoms with van der Waals surface area (Å²) in [5.41, 5.74) is 19.7. The van der Waals surface area contributed by atoms with E-state index in [-0.39, 0.29) is 11.5 Å². The van der Waals surface area contributed by atoms with Gasteiger partial charge in [0.2, 0.25) is 0 Å². The van der Waals surface area contributed by atoms with Gasteiger partial charge in [0.05, 0.1) is 28.1 Å². The van der Waals surface area contributed by atoms with Gasteiger partial charge < -0.3 is 13.7 Å². The van der Waals surface area contributed by atoms with Crippen LogP contribution in [0.4, 0.5) is 0 Å². The highest BCUT2D eigenvalue weighted by Crippen LogP contribution is 2.54. The van der Waals surface area contributed by atoms with Crippen molar-refractivity contribution in [1.82, 2.24) is 13.7 Å². The number of nitrogens with zero attached hydrogens (tertiary/aromatic N) is 3. The molecule has 7 aromatic carbocycles. The Morgan fingerprint density at radius 3 is 2.00 bits per heavy atom. The molecule has 3 aromatic heterocycles. The molecule has 62 heavy (non-hydrogen) atoms. The molecule has 0 fully saturated rings. The first-order valence-corrected chi connectivity index (χ1v) is 22.4. The third-order valence-corrected chi connectivity index (χ3v) is 14.7. The standard InChI is InChI=1S/C59H47N3/c1-36-16-8-12-22-51(36)62-54-25-15-9-19-42(54)45-29-30-49-56(58(45)62)46-28-27-41(35-50(46)59(49,3)4)61-53-24-14-11-21-44(53)48-34-39(32-37(2)57(48)61)38-26-31-55-47(33-38)43-20-10-13-23-52(43)60(55)40-17-6-5-7-18-40/h5-31,33-37,51H,32H2,1-4H3. The van der Waals surface area contributed by atoms with Crippen molar-refractivity contribution in [2.45, 2.75) is 51.5 Å². The van der Waals surface area contributed by atoms with Crippen LogP contribution in [0.15, 0.2) is 176 Å². The Bertz CT molecular complexity index is 3620. The average Bonchev–Trinajstić information content (AvgIpc) is 4.00. The number of benzene rings is 7. The first-order chi connectivity index (χ1) is 30.4. The quantitative estimate of drug-likeness (QED) is 0.168. The lowest BCUT2D eigenvalue weighted by molar-refractivity contribution is 0.510. The van der Waals surface area contributed by atoms with Gasteiger partial charge in [0.25, 0.3) is 0 Å². The summed E-state index contributed by atoms with van der Waals surface area (Å²) in [6.45, 7) is 9.64. The summed E-state index contributed by atoms with van der Waals surface area (Å²) in [5, 5.41) is 6.56. The van der Waals surface area contributed by atoms with Gasteiger partial charge in [-0.2, -0.15) is 0 Å². The normalized spacial score (nSPS) is 18.8. The minimum atomic E-state index is -0.173. The fraction of sp³-hybridized carbons (Fsp3) is 0.153. The maximum atomic E-state index is 2.65. The van der Waals surface area contributed by atoms with Gasteiger partial charge in [-0.3, -0.25) is 0 Å². The highest BCUT2D eigenvalue weighted by Gasteiger charge is 2.39. The van der Waals surface area contributed by atoms with Crippen molar-refractivity contribution >= 4 is 66.2 Å². The van der Waals surface area contributed by atoms with Gasteiger partial charge in [0, 0.05) is 72.0 Å². The number of rotatable bonds is 4. The Balaban J connectivity index is 0.976. The molecule has 0 radical (unpaired) electrons. The molecule has 0 spiro atoms. The average molecular weight is 798 g/mol. The van der Waals surface area contributed by atoms with Crippen LogP contribution in [0.3, 0.4) is 0 Å². The van der Waals surface area contributed by atoms with Gasteiger partial charge in [-0.25, -0.2) is 0 Å². The summed E-state index contributed by atoms with van der Waals surface area (Å²) >= 11 is 0. The molecule has 0 amide bonds. The Kier molecular flexibility index (Phi) is 7.45. The minimum Gasteiger partial charge on any atom is -0.332 e. The van der Waals surface area contributed by atoms with Crippen LogP contribution in [0.25, 0.3) is 88.7 Å². The zero-order valence-electron chi connectivity index (χ0n) is 35.6. The minimum absolute atomic E-state index is 0.173. The molecule has 0 N–H and O–H groups in total. The van der Waals surface area contributed by atoms with Crippen LogP contribution >= 0.6 is 0 Å². The molecule has 10 aromatic rings. The first kappa shape index (κ1) is 35.6. The molecular weight excluding hydrogens is 751 g/mol. The number of aromatic nitrogens is 3. The molecule has 298 valence electrons. The number of hydrogen-bond donors (Lipinski definition) is 0. The summed E-state index contributed by atoms with van der Waals surface area (Å²) < 4.78 is 7.64. The van der Waals surface area contributed by atoms with Crippen molar-refractivity contribution in [1.29, 1.82) is 0 Å². The van der Waals surface area contributed by atoms with E-state index >= 15 is 0 Å².